The predicted octanol–water partition coefficient (Wildman–Crippen LogP) is 7.85. The van der Waals surface area contributed by atoms with Gasteiger partial charge in [0.1, 0.15) is 17.2 Å². The van der Waals surface area contributed by atoms with Crippen LogP contribution in [0.2, 0.25) is 0 Å². The van der Waals surface area contributed by atoms with Crippen molar-refractivity contribution in [3.05, 3.63) is 54.1 Å². The first-order valence-corrected chi connectivity index (χ1v) is 12.9. The van der Waals surface area contributed by atoms with Crippen molar-refractivity contribution in [2.45, 2.75) is 78.1 Å². The van der Waals surface area contributed by atoms with E-state index in [0.29, 0.717) is 17.9 Å². The highest BCUT2D eigenvalue weighted by Crippen LogP contribution is 2.33. The minimum absolute atomic E-state index is 0.377. The third-order valence-electron chi connectivity index (χ3n) is 6.58. The summed E-state index contributed by atoms with van der Waals surface area (Å²) in [5.74, 6) is 3.57. The Balaban J connectivity index is 1.34. The van der Waals surface area contributed by atoms with Crippen molar-refractivity contribution in [3.63, 3.8) is 0 Å². The van der Waals surface area contributed by atoms with Gasteiger partial charge in [0.15, 0.2) is 0 Å². The molecular formula is C29H40O4. The molecule has 1 saturated carbocycles. The number of esters is 1. The molecule has 2 aromatic rings. The molecule has 1 fully saturated rings. The Hall–Kier alpha value is -2.49. The maximum Gasteiger partial charge on any atom is 0.343 e. The second-order valence-corrected chi connectivity index (χ2v) is 9.25. The Labute approximate surface area is 199 Å². The summed E-state index contributed by atoms with van der Waals surface area (Å²) in [7, 11) is 0. The zero-order chi connectivity index (χ0) is 23.3. The summed E-state index contributed by atoms with van der Waals surface area (Å²) in [5, 5.41) is 0. The molecule has 0 spiro atoms. The SMILES string of the molecule is CCCCOc1ccc(C(=O)Oc2ccc(OCCC[C@H]3CC[C@H](CCC)CC3)cc2)cc1. The van der Waals surface area contributed by atoms with Crippen LogP contribution in [0.1, 0.15) is 88.4 Å². The molecule has 0 unspecified atom stereocenters. The lowest BCUT2D eigenvalue weighted by Gasteiger charge is -2.28. The first-order chi connectivity index (χ1) is 16.2. The Morgan fingerprint density at radius 3 is 1.79 bits per heavy atom. The van der Waals surface area contributed by atoms with Crippen LogP contribution in [0.3, 0.4) is 0 Å². The monoisotopic (exact) mass is 452 g/mol. The van der Waals surface area contributed by atoms with E-state index in [2.05, 4.69) is 13.8 Å². The van der Waals surface area contributed by atoms with E-state index in [-0.39, 0.29) is 5.97 Å². The van der Waals surface area contributed by atoms with Crippen LogP contribution in [0.5, 0.6) is 17.2 Å². The third-order valence-corrected chi connectivity index (χ3v) is 6.58. The summed E-state index contributed by atoms with van der Waals surface area (Å²) in [5.41, 5.74) is 0.502. The Morgan fingerprint density at radius 2 is 1.21 bits per heavy atom. The van der Waals surface area contributed by atoms with Crippen LogP contribution in [0, 0.1) is 11.8 Å². The van der Waals surface area contributed by atoms with Gasteiger partial charge in [0.25, 0.3) is 0 Å². The molecule has 0 heterocycles. The summed E-state index contributed by atoms with van der Waals surface area (Å²) < 4.78 is 17.0. The molecule has 33 heavy (non-hydrogen) atoms. The molecule has 180 valence electrons. The summed E-state index contributed by atoms with van der Waals surface area (Å²) in [6.45, 7) is 5.85. The number of unbranched alkanes of at least 4 members (excludes halogenated alkanes) is 1. The Bertz CT molecular complexity index is 805. The van der Waals surface area contributed by atoms with Gasteiger partial charge in [-0.05, 0) is 79.6 Å². The van der Waals surface area contributed by atoms with E-state index in [0.717, 1.165) is 49.2 Å². The first kappa shape index (κ1) is 25.1. The lowest BCUT2D eigenvalue weighted by atomic mass is 9.78. The van der Waals surface area contributed by atoms with E-state index < -0.39 is 0 Å². The van der Waals surface area contributed by atoms with Crippen LogP contribution < -0.4 is 14.2 Å². The second kappa shape index (κ2) is 13.9. The van der Waals surface area contributed by atoms with Gasteiger partial charge in [0.2, 0.25) is 0 Å². The van der Waals surface area contributed by atoms with Gasteiger partial charge in [0, 0.05) is 0 Å². The Kier molecular flexibility index (Phi) is 10.6. The van der Waals surface area contributed by atoms with E-state index in [4.69, 9.17) is 14.2 Å². The normalized spacial score (nSPS) is 18.0. The van der Waals surface area contributed by atoms with Crippen molar-refractivity contribution < 1.29 is 19.0 Å². The summed E-state index contributed by atoms with van der Waals surface area (Å²) in [4.78, 5) is 12.4. The van der Waals surface area contributed by atoms with Crippen molar-refractivity contribution in [3.8, 4) is 17.2 Å². The van der Waals surface area contributed by atoms with E-state index >= 15 is 0 Å². The number of benzene rings is 2. The minimum atomic E-state index is -0.377. The van der Waals surface area contributed by atoms with E-state index in [1.54, 1.807) is 36.4 Å². The number of rotatable bonds is 13. The quantitative estimate of drug-likeness (QED) is 0.176. The number of hydrogen-bond acceptors (Lipinski definition) is 4. The molecule has 0 N–H and O–H groups in total. The van der Waals surface area contributed by atoms with E-state index in [1.165, 1.54) is 44.9 Å². The molecule has 1 aliphatic carbocycles. The second-order valence-electron chi connectivity index (χ2n) is 9.25. The molecular weight excluding hydrogens is 412 g/mol. The fourth-order valence-corrected chi connectivity index (χ4v) is 4.57. The summed E-state index contributed by atoms with van der Waals surface area (Å²) in [6, 6.07) is 14.4. The summed E-state index contributed by atoms with van der Waals surface area (Å²) >= 11 is 0. The topological polar surface area (TPSA) is 44.8 Å². The lowest BCUT2D eigenvalue weighted by molar-refractivity contribution is 0.0734. The van der Waals surface area contributed by atoms with Gasteiger partial charge in [-0.15, -0.1) is 0 Å². The highest BCUT2D eigenvalue weighted by atomic mass is 16.5. The minimum Gasteiger partial charge on any atom is -0.494 e. The zero-order valence-electron chi connectivity index (χ0n) is 20.4. The van der Waals surface area contributed by atoms with Crippen LogP contribution in [-0.2, 0) is 0 Å². The van der Waals surface area contributed by atoms with Crippen LogP contribution in [-0.4, -0.2) is 19.2 Å². The third kappa shape index (κ3) is 8.75. The lowest BCUT2D eigenvalue weighted by Crippen LogP contribution is -2.15. The number of hydrogen-bond donors (Lipinski definition) is 0. The molecule has 0 bridgehead atoms. The van der Waals surface area contributed by atoms with Crippen LogP contribution in [0.4, 0.5) is 0 Å². The molecule has 0 amide bonds. The first-order valence-electron chi connectivity index (χ1n) is 12.9. The van der Waals surface area contributed by atoms with Crippen LogP contribution >= 0.6 is 0 Å². The largest absolute Gasteiger partial charge is 0.494 e. The molecule has 1 aliphatic rings. The maximum atomic E-state index is 12.4. The molecule has 0 saturated heterocycles. The average Bonchev–Trinajstić information content (AvgIpc) is 2.84. The van der Waals surface area contributed by atoms with Gasteiger partial charge in [-0.1, -0.05) is 58.8 Å². The number of carbonyl (C=O) groups is 1. The highest BCUT2D eigenvalue weighted by Gasteiger charge is 2.20. The molecule has 0 aliphatic heterocycles. The molecule has 3 rings (SSSR count). The fraction of sp³-hybridized carbons (Fsp3) is 0.552. The van der Waals surface area contributed by atoms with Gasteiger partial charge in [0.05, 0.1) is 18.8 Å². The van der Waals surface area contributed by atoms with Gasteiger partial charge in [-0.25, -0.2) is 4.79 Å². The fourth-order valence-electron chi connectivity index (χ4n) is 4.57. The maximum absolute atomic E-state index is 12.4. The van der Waals surface area contributed by atoms with Crippen LogP contribution in [0.25, 0.3) is 0 Å². The molecule has 0 atom stereocenters. The standard InChI is InChI=1S/C29H40O4/c1-3-5-21-31-26-15-13-25(14-16-26)29(30)33-28-19-17-27(18-20-28)32-22-6-8-24-11-9-23(7-4-2)10-12-24/h13-20,23-24H,3-12,21-22H2,1-2H3/t23-,24-. The van der Waals surface area contributed by atoms with E-state index in [1.807, 2.05) is 12.1 Å². The van der Waals surface area contributed by atoms with Crippen molar-refractivity contribution in [2.75, 3.05) is 13.2 Å². The Morgan fingerprint density at radius 1 is 0.697 bits per heavy atom. The smallest absolute Gasteiger partial charge is 0.343 e. The highest BCUT2D eigenvalue weighted by molar-refractivity contribution is 5.91. The van der Waals surface area contributed by atoms with Gasteiger partial charge in [-0.2, -0.15) is 0 Å². The van der Waals surface area contributed by atoms with Crippen molar-refractivity contribution in [2.24, 2.45) is 11.8 Å². The molecule has 2 aromatic carbocycles. The number of ether oxygens (including phenoxy) is 3. The van der Waals surface area contributed by atoms with Crippen molar-refractivity contribution in [1.82, 2.24) is 0 Å². The average molecular weight is 453 g/mol. The molecule has 4 nitrogen and oxygen atoms in total. The predicted molar refractivity (Wildman–Crippen MR) is 133 cm³/mol. The van der Waals surface area contributed by atoms with Crippen LogP contribution in [0.15, 0.2) is 48.5 Å². The molecule has 0 radical (unpaired) electrons. The molecule has 4 heteroatoms. The van der Waals surface area contributed by atoms with Crippen molar-refractivity contribution in [1.29, 1.82) is 0 Å². The van der Waals surface area contributed by atoms with E-state index in [9.17, 15) is 4.79 Å². The van der Waals surface area contributed by atoms with Gasteiger partial charge >= 0.3 is 5.97 Å². The number of carbonyl (C=O) groups excluding carboxylic acids is 1. The summed E-state index contributed by atoms with van der Waals surface area (Å²) in [6.07, 6.45) is 12.8. The van der Waals surface area contributed by atoms with Crippen molar-refractivity contribution >= 4 is 5.97 Å². The van der Waals surface area contributed by atoms with Gasteiger partial charge < -0.3 is 14.2 Å². The molecule has 0 aromatic heterocycles. The zero-order valence-corrected chi connectivity index (χ0v) is 20.4. The van der Waals surface area contributed by atoms with Gasteiger partial charge in [-0.3, -0.25) is 0 Å².